The molecule has 6 nitrogen and oxygen atoms in total. The third kappa shape index (κ3) is 2.56. The van der Waals surface area contributed by atoms with E-state index in [2.05, 4.69) is 10.0 Å². The number of carbonyl (C=O) groups excluding carboxylic acids is 1. The SMILES string of the molecule is O=C1NCCc2ccc(S(=O)(=O)NC3CCOC3)cc21. The molecule has 2 aliphatic rings. The number of hydrogen-bond donors (Lipinski definition) is 2. The lowest BCUT2D eigenvalue weighted by atomic mass is 10.0. The second-order valence-electron chi connectivity index (χ2n) is 5.01. The van der Waals surface area contributed by atoms with Gasteiger partial charge in [0.2, 0.25) is 10.0 Å². The predicted octanol–water partition coefficient (Wildman–Crippen LogP) is 0.0397. The Kier molecular flexibility index (Phi) is 3.49. The lowest BCUT2D eigenvalue weighted by molar-refractivity contribution is 0.0945. The van der Waals surface area contributed by atoms with E-state index in [4.69, 9.17) is 4.74 Å². The summed E-state index contributed by atoms with van der Waals surface area (Å²) in [6, 6.07) is 4.52. The minimum Gasteiger partial charge on any atom is -0.380 e. The van der Waals surface area contributed by atoms with E-state index >= 15 is 0 Å². The summed E-state index contributed by atoms with van der Waals surface area (Å²) in [4.78, 5) is 11.9. The summed E-state index contributed by atoms with van der Waals surface area (Å²) in [6.45, 7) is 1.56. The number of carbonyl (C=O) groups is 1. The third-order valence-corrected chi connectivity index (χ3v) is 5.09. The first kappa shape index (κ1) is 13.5. The number of benzene rings is 1. The van der Waals surface area contributed by atoms with Crippen molar-refractivity contribution in [3.05, 3.63) is 29.3 Å². The fourth-order valence-electron chi connectivity index (χ4n) is 2.47. The molecular formula is C13H16N2O4S. The van der Waals surface area contributed by atoms with Crippen molar-refractivity contribution in [1.82, 2.24) is 10.0 Å². The highest BCUT2D eigenvalue weighted by molar-refractivity contribution is 7.89. The second kappa shape index (κ2) is 5.16. The molecule has 7 heteroatoms. The van der Waals surface area contributed by atoms with Crippen molar-refractivity contribution in [2.75, 3.05) is 19.8 Å². The molecule has 1 atom stereocenters. The number of fused-ring (bicyclic) bond motifs is 1. The van der Waals surface area contributed by atoms with E-state index in [1.165, 1.54) is 6.07 Å². The van der Waals surface area contributed by atoms with Gasteiger partial charge in [-0.3, -0.25) is 4.79 Å². The highest BCUT2D eigenvalue weighted by atomic mass is 32.2. The molecule has 2 N–H and O–H groups in total. The predicted molar refractivity (Wildman–Crippen MR) is 72.0 cm³/mol. The smallest absolute Gasteiger partial charge is 0.251 e. The minimum absolute atomic E-state index is 0.125. The summed E-state index contributed by atoms with van der Waals surface area (Å²) >= 11 is 0. The number of amides is 1. The number of hydrogen-bond acceptors (Lipinski definition) is 4. The summed E-state index contributed by atoms with van der Waals surface area (Å²) in [5.41, 5.74) is 1.33. The van der Waals surface area contributed by atoms with Crippen LogP contribution < -0.4 is 10.0 Å². The molecule has 20 heavy (non-hydrogen) atoms. The van der Waals surface area contributed by atoms with Crippen molar-refractivity contribution in [2.24, 2.45) is 0 Å². The molecule has 2 heterocycles. The molecule has 1 unspecified atom stereocenters. The number of nitrogens with one attached hydrogen (secondary N) is 2. The quantitative estimate of drug-likeness (QED) is 0.825. The van der Waals surface area contributed by atoms with Crippen molar-refractivity contribution in [2.45, 2.75) is 23.8 Å². The van der Waals surface area contributed by atoms with Crippen LogP contribution in [0.3, 0.4) is 0 Å². The summed E-state index contributed by atoms with van der Waals surface area (Å²) in [7, 11) is -3.61. The zero-order valence-electron chi connectivity index (χ0n) is 10.9. The lowest BCUT2D eigenvalue weighted by Gasteiger charge is -2.18. The standard InChI is InChI=1S/C13H16N2O4S/c16-13-12-7-11(2-1-9(12)3-5-14-13)20(17,18)15-10-4-6-19-8-10/h1-2,7,10,15H,3-6,8H2,(H,14,16). The average molecular weight is 296 g/mol. The van der Waals surface area contributed by atoms with Gasteiger partial charge in [-0.2, -0.15) is 0 Å². The molecule has 0 saturated carbocycles. The Morgan fingerprint density at radius 2 is 2.20 bits per heavy atom. The summed E-state index contributed by atoms with van der Waals surface area (Å²) in [5.74, 6) is -0.215. The van der Waals surface area contributed by atoms with Crippen molar-refractivity contribution in [3.63, 3.8) is 0 Å². The molecule has 1 fully saturated rings. The van der Waals surface area contributed by atoms with Crippen LogP contribution in [0.5, 0.6) is 0 Å². The normalized spacial score (nSPS) is 22.4. The van der Waals surface area contributed by atoms with Crippen LogP contribution in [0.1, 0.15) is 22.3 Å². The van der Waals surface area contributed by atoms with Gasteiger partial charge in [-0.15, -0.1) is 0 Å². The molecule has 0 aromatic heterocycles. The summed E-state index contributed by atoms with van der Waals surface area (Å²) in [5, 5.41) is 2.72. The minimum atomic E-state index is -3.61. The molecular weight excluding hydrogens is 280 g/mol. The first-order valence-electron chi connectivity index (χ1n) is 6.57. The van der Waals surface area contributed by atoms with Crippen LogP contribution in [-0.4, -0.2) is 40.1 Å². The van der Waals surface area contributed by atoms with Gasteiger partial charge >= 0.3 is 0 Å². The Bertz CT molecular complexity index is 636. The summed E-state index contributed by atoms with van der Waals surface area (Å²) in [6.07, 6.45) is 1.40. The molecule has 1 saturated heterocycles. The highest BCUT2D eigenvalue weighted by Gasteiger charge is 2.25. The largest absolute Gasteiger partial charge is 0.380 e. The van der Waals surface area contributed by atoms with E-state index in [9.17, 15) is 13.2 Å². The van der Waals surface area contributed by atoms with E-state index < -0.39 is 10.0 Å². The molecule has 0 radical (unpaired) electrons. The van der Waals surface area contributed by atoms with Crippen molar-refractivity contribution >= 4 is 15.9 Å². The van der Waals surface area contributed by atoms with Crippen LogP contribution in [0, 0.1) is 0 Å². The Morgan fingerprint density at radius 3 is 2.95 bits per heavy atom. The monoisotopic (exact) mass is 296 g/mol. The van der Waals surface area contributed by atoms with E-state index in [1.54, 1.807) is 12.1 Å². The van der Waals surface area contributed by atoms with Gasteiger partial charge in [-0.05, 0) is 30.5 Å². The van der Waals surface area contributed by atoms with Gasteiger partial charge in [0.25, 0.3) is 5.91 Å². The topological polar surface area (TPSA) is 84.5 Å². The Balaban J connectivity index is 1.89. The molecule has 108 valence electrons. The van der Waals surface area contributed by atoms with Crippen LogP contribution in [0.15, 0.2) is 23.1 Å². The number of rotatable bonds is 3. The van der Waals surface area contributed by atoms with E-state index in [0.29, 0.717) is 31.7 Å². The van der Waals surface area contributed by atoms with Gasteiger partial charge in [0.05, 0.1) is 11.5 Å². The maximum Gasteiger partial charge on any atom is 0.251 e. The van der Waals surface area contributed by atoms with Gasteiger partial charge in [0, 0.05) is 24.8 Å². The lowest BCUT2D eigenvalue weighted by Crippen LogP contribution is -2.36. The number of ether oxygens (including phenoxy) is 1. The van der Waals surface area contributed by atoms with Crippen LogP contribution in [0.4, 0.5) is 0 Å². The molecule has 2 aliphatic heterocycles. The molecule has 1 aromatic carbocycles. The van der Waals surface area contributed by atoms with Crippen LogP contribution >= 0.6 is 0 Å². The van der Waals surface area contributed by atoms with Crippen molar-refractivity contribution in [1.29, 1.82) is 0 Å². The van der Waals surface area contributed by atoms with E-state index in [-0.39, 0.29) is 16.8 Å². The van der Waals surface area contributed by atoms with Crippen molar-refractivity contribution in [3.8, 4) is 0 Å². The molecule has 1 aromatic rings. The Hall–Kier alpha value is -1.44. The van der Waals surface area contributed by atoms with Crippen LogP contribution in [-0.2, 0) is 21.2 Å². The van der Waals surface area contributed by atoms with Gasteiger partial charge < -0.3 is 10.1 Å². The van der Waals surface area contributed by atoms with Gasteiger partial charge in [0.15, 0.2) is 0 Å². The first-order valence-corrected chi connectivity index (χ1v) is 8.06. The van der Waals surface area contributed by atoms with E-state index in [0.717, 1.165) is 12.0 Å². The van der Waals surface area contributed by atoms with Crippen LogP contribution in [0.2, 0.25) is 0 Å². The molecule has 0 spiro atoms. The maximum absolute atomic E-state index is 12.3. The Labute approximate surface area is 117 Å². The average Bonchev–Trinajstić information content (AvgIpc) is 2.91. The molecule has 3 rings (SSSR count). The summed E-state index contributed by atoms with van der Waals surface area (Å²) < 4.78 is 32.3. The van der Waals surface area contributed by atoms with E-state index in [1.807, 2.05) is 0 Å². The maximum atomic E-state index is 12.3. The fourth-order valence-corrected chi connectivity index (χ4v) is 3.75. The highest BCUT2D eigenvalue weighted by Crippen LogP contribution is 2.20. The fraction of sp³-hybridized carbons (Fsp3) is 0.462. The van der Waals surface area contributed by atoms with Gasteiger partial charge in [-0.1, -0.05) is 6.07 Å². The van der Waals surface area contributed by atoms with Gasteiger partial charge in [-0.25, -0.2) is 13.1 Å². The second-order valence-corrected chi connectivity index (χ2v) is 6.72. The van der Waals surface area contributed by atoms with Gasteiger partial charge in [0.1, 0.15) is 0 Å². The zero-order chi connectivity index (χ0) is 14.2. The Morgan fingerprint density at radius 1 is 1.35 bits per heavy atom. The third-order valence-electron chi connectivity index (χ3n) is 3.57. The number of sulfonamides is 1. The zero-order valence-corrected chi connectivity index (χ0v) is 11.7. The molecule has 0 aliphatic carbocycles. The first-order chi connectivity index (χ1) is 9.56. The van der Waals surface area contributed by atoms with Crippen molar-refractivity contribution < 1.29 is 17.9 Å². The van der Waals surface area contributed by atoms with Crippen LogP contribution in [0.25, 0.3) is 0 Å². The molecule has 0 bridgehead atoms. The molecule has 1 amide bonds.